The Morgan fingerprint density at radius 2 is 2.04 bits per heavy atom. The van der Waals surface area contributed by atoms with Crippen molar-refractivity contribution in [3.63, 3.8) is 0 Å². The number of nitrogens with zero attached hydrogens (tertiary/aromatic N) is 1. The van der Waals surface area contributed by atoms with Crippen molar-refractivity contribution in [1.82, 2.24) is 0 Å². The molecule has 2 aromatic rings. The highest BCUT2D eigenvalue weighted by atomic mass is 35.5. The van der Waals surface area contributed by atoms with Gasteiger partial charge in [0.05, 0.1) is 23.7 Å². The van der Waals surface area contributed by atoms with E-state index in [4.69, 9.17) is 16.3 Å². The summed E-state index contributed by atoms with van der Waals surface area (Å²) < 4.78 is 4.92. The van der Waals surface area contributed by atoms with E-state index in [1.165, 1.54) is 0 Å². The third-order valence-electron chi connectivity index (χ3n) is 4.06. The number of para-hydroxylation sites is 1. The minimum absolute atomic E-state index is 0.154. The van der Waals surface area contributed by atoms with Crippen molar-refractivity contribution < 1.29 is 14.3 Å². The second-order valence-electron chi connectivity index (χ2n) is 5.76. The molecule has 0 aromatic heterocycles. The Kier molecular flexibility index (Phi) is 5.24. The van der Waals surface area contributed by atoms with Gasteiger partial charge in [-0.3, -0.25) is 9.69 Å². The van der Waals surface area contributed by atoms with Crippen molar-refractivity contribution >= 4 is 35.0 Å². The van der Waals surface area contributed by atoms with Gasteiger partial charge in [0.2, 0.25) is 0 Å². The van der Waals surface area contributed by atoms with Gasteiger partial charge in [-0.25, -0.2) is 4.79 Å². The number of hydrogen-bond acceptors (Lipinski definition) is 3. The maximum atomic E-state index is 12.6. The first kappa shape index (κ1) is 17.3. The number of esters is 1. The Morgan fingerprint density at radius 3 is 2.80 bits per heavy atom. The average molecular weight is 359 g/mol. The number of carbonyl (C=O) groups is 2. The normalized spacial score (nSPS) is 12.6. The van der Waals surface area contributed by atoms with Crippen molar-refractivity contribution in [1.29, 1.82) is 0 Å². The van der Waals surface area contributed by atoms with E-state index < -0.39 is 0 Å². The fourth-order valence-corrected chi connectivity index (χ4v) is 3.13. The van der Waals surface area contributed by atoms with Crippen LogP contribution in [-0.2, 0) is 22.4 Å². The third kappa shape index (κ3) is 3.94. The molecule has 0 unspecified atom stereocenters. The van der Waals surface area contributed by atoms with Gasteiger partial charge in [-0.1, -0.05) is 35.9 Å². The molecule has 25 heavy (non-hydrogen) atoms. The Balaban J connectivity index is 1.69. The number of nitrogens with one attached hydrogen (secondary N) is 1. The molecule has 0 aliphatic carbocycles. The quantitative estimate of drug-likeness (QED) is 0.839. The fourth-order valence-electron chi connectivity index (χ4n) is 2.88. The van der Waals surface area contributed by atoms with Gasteiger partial charge >= 0.3 is 12.0 Å². The molecule has 2 aromatic carbocycles. The van der Waals surface area contributed by atoms with E-state index in [-0.39, 0.29) is 18.4 Å². The van der Waals surface area contributed by atoms with Gasteiger partial charge in [0.15, 0.2) is 0 Å². The summed E-state index contributed by atoms with van der Waals surface area (Å²) in [6.07, 6.45) is 0.997. The Bertz CT molecular complexity index is 807. The van der Waals surface area contributed by atoms with Crippen molar-refractivity contribution in [3.05, 3.63) is 58.6 Å². The van der Waals surface area contributed by atoms with E-state index >= 15 is 0 Å². The molecule has 0 atom stereocenters. The minimum Gasteiger partial charge on any atom is -0.466 e. The molecule has 1 aliphatic rings. The smallest absolute Gasteiger partial charge is 0.326 e. The van der Waals surface area contributed by atoms with Gasteiger partial charge in [-0.15, -0.1) is 0 Å². The molecule has 0 radical (unpaired) electrons. The molecule has 1 heterocycles. The van der Waals surface area contributed by atoms with E-state index in [1.54, 1.807) is 30.0 Å². The number of ether oxygens (including phenoxy) is 1. The lowest BCUT2D eigenvalue weighted by molar-refractivity contribution is -0.142. The van der Waals surface area contributed by atoms with E-state index in [2.05, 4.69) is 5.32 Å². The van der Waals surface area contributed by atoms with Crippen LogP contribution < -0.4 is 10.2 Å². The largest absolute Gasteiger partial charge is 0.466 e. The molecule has 6 heteroatoms. The lowest BCUT2D eigenvalue weighted by atomic mass is 10.1. The summed E-state index contributed by atoms with van der Waals surface area (Å²) in [4.78, 5) is 25.8. The molecule has 2 amide bonds. The Morgan fingerprint density at radius 1 is 1.24 bits per heavy atom. The van der Waals surface area contributed by atoms with Crippen LogP contribution >= 0.6 is 11.6 Å². The van der Waals surface area contributed by atoms with Crippen LogP contribution in [0.2, 0.25) is 5.02 Å². The fraction of sp³-hybridized carbons (Fsp3) is 0.263. The number of halogens is 1. The first-order valence-corrected chi connectivity index (χ1v) is 8.56. The first-order chi connectivity index (χ1) is 12.1. The second kappa shape index (κ2) is 7.57. The van der Waals surface area contributed by atoms with Gasteiger partial charge in [0.25, 0.3) is 0 Å². The van der Waals surface area contributed by atoms with Crippen molar-refractivity contribution in [2.24, 2.45) is 0 Å². The SMILES string of the molecule is CCOC(=O)Cc1ccc(NC(=O)N2CCc3ccccc32)c(Cl)c1. The molecule has 1 N–H and O–H groups in total. The third-order valence-corrected chi connectivity index (χ3v) is 4.37. The summed E-state index contributed by atoms with van der Waals surface area (Å²) >= 11 is 6.26. The van der Waals surface area contributed by atoms with Gasteiger partial charge in [0.1, 0.15) is 0 Å². The zero-order chi connectivity index (χ0) is 17.8. The first-order valence-electron chi connectivity index (χ1n) is 8.19. The Labute approximate surface area is 151 Å². The van der Waals surface area contributed by atoms with Crippen molar-refractivity contribution in [3.8, 4) is 0 Å². The van der Waals surface area contributed by atoms with Crippen LogP contribution in [0.15, 0.2) is 42.5 Å². The standard InChI is InChI=1S/C19H19ClN2O3/c1-2-25-18(23)12-13-7-8-16(15(20)11-13)21-19(24)22-10-9-14-5-3-4-6-17(14)22/h3-8,11H,2,9-10,12H2,1H3,(H,21,24). The van der Waals surface area contributed by atoms with Crippen LogP contribution in [0, 0.1) is 0 Å². The highest BCUT2D eigenvalue weighted by molar-refractivity contribution is 6.34. The summed E-state index contributed by atoms with van der Waals surface area (Å²) in [6.45, 7) is 2.75. The summed E-state index contributed by atoms with van der Waals surface area (Å²) in [7, 11) is 0. The summed E-state index contributed by atoms with van der Waals surface area (Å²) in [5, 5.41) is 3.23. The number of carbonyl (C=O) groups excluding carboxylic acids is 2. The predicted octanol–water partition coefficient (Wildman–Crippen LogP) is 4.04. The van der Waals surface area contributed by atoms with E-state index in [9.17, 15) is 9.59 Å². The monoisotopic (exact) mass is 358 g/mol. The molecular formula is C19H19ClN2O3. The van der Waals surface area contributed by atoms with Crippen LogP contribution in [0.25, 0.3) is 0 Å². The van der Waals surface area contributed by atoms with Crippen LogP contribution in [0.4, 0.5) is 16.2 Å². The Hall–Kier alpha value is -2.53. The molecule has 0 saturated heterocycles. The number of hydrogen-bond donors (Lipinski definition) is 1. The highest BCUT2D eigenvalue weighted by Crippen LogP contribution is 2.29. The second-order valence-corrected chi connectivity index (χ2v) is 6.16. The zero-order valence-corrected chi connectivity index (χ0v) is 14.7. The van der Waals surface area contributed by atoms with Crippen LogP contribution in [0.3, 0.4) is 0 Å². The zero-order valence-electron chi connectivity index (χ0n) is 13.9. The molecule has 0 fully saturated rings. The number of amides is 2. The van der Waals surface area contributed by atoms with Gasteiger partial charge in [-0.2, -0.15) is 0 Å². The maximum absolute atomic E-state index is 12.6. The average Bonchev–Trinajstić information content (AvgIpc) is 3.01. The number of rotatable bonds is 4. The van der Waals surface area contributed by atoms with E-state index in [0.29, 0.717) is 23.9 Å². The maximum Gasteiger partial charge on any atom is 0.326 e. The number of anilines is 2. The van der Waals surface area contributed by atoms with E-state index in [0.717, 1.165) is 23.2 Å². The predicted molar refractivity (Wildman–Crippen MR) is 98.3 cm³/mol. The lowest BCUT2D eigenvalue weighted by Crippen LogP contribution is -2.33. The topological polar surface area (TPSA) is 58.6 Å². The highest BCUT2D eigenvalue weighted by Gasteiger charge is 2.24. The number of urea groups is 1. The molecule has 0 saturated carbocycles. The van der Waals surface area contributed by atoms with Gasteiger partial charge in [0, 0.05) is 12.2 Å². The minimum atomic E-state index is -0.302. The molecule has 5 nitrogen and oxygen atoms in total. The van der Waals surface area contributed by atoms with Crippen LogP contribution in [0.1, 0.15) is 18.1 Å². The van der Waals surface area contributed by atoms with Gasteiger partial charge < -0.3 is 10.1 Å². The molecule has 0 bridgehead atoms. The van der Waals surface area contributed by atoms with Crippen LogP contribution in [0.5, 0.6) is 0 Å². The molecule has 130 valence electrons. The molecule has 3 rings (SSSR count). The van der Waals surface area contributed by atoms with Gasteiger partial charge in [-0.05, 0) is 42.7 Å². The van der Waals surface area contributed by atoms with Crippen molar-refractivity contribution in [2.75, 3.05) is 23.4 Å². The molecule has 1 aliphatic heterocycles. The summed E-state index contributed by atoms with van der Waals surface area (Å²) in [5.74, 6) is -0.302. The number of benzene rings is 2. The van der Waals surface area contributed by atoms with Crippen molar-refractivity contribution in [2.45, 2.75) is 19.8 Å². The lowest BCUT2D eigenvalue weighted by Gasteiger charge is -2.18. The molecular weight excluding hydrogens is 340 g/mol. The van der Waals surface area contributed by atoms with E-state index in [1.807, 2.05) is 24.3 Å². The summed E-state index contributed by atoms with van der Waals surface area (Å²) in [6, 6.07) is 12.8. The summed E-state index contributed by atoms with van der Waals surface area (Å²) in [5.41, 5.74) is 3.35. The number of fused-ring (bicyclic) bond motifs is 1. The van der Waals surface area contributed by atoms with Crippen LogP contribution in [-0.4, -0.2) is 25.2 Å². The molecule has 0 spiro atoms.